The van der Waals surface area contributed by atoms with Crippen LogP contribution in [0, 0.1) is 52.3 Å². The molecule has 0 bridgehead atoms. The van der Waals surface area contributed by atoms with Crippen LogP contribution in [0.15, 0.2) is 0 Å². The number of carboxylic acids is 1. The lowest BCUT2D eigenvalue weighted by Gasteiger charge is -2.63. The van der Waals surface area contributed by atoms with Gasteiger partial charge in [0.05, 0.1) is 0 Å². The first kappa shape index (κ1) is 20.7. The van der Waals surface area contributed by atoms with Gasteiger partial charge in [-0.1, -0.05) is 47.0 Å². The second-order valence-corrected chi connectivity index (χ2v) is 11.8. The molecule has 0 aromatic heterocycles. The normalized spacial score (nSPS) is 49.0. The maximum atomic E-state index is 11.1. The van der Waals surface area contributed by atoms with Gasteiger partial charge in [0.1, 0.15) is 0 Å². The summed E-state index contributed by atoms with van der Waals surface area (Å²) in [6.45, 7) is 10.1. The molecule has 0 radical (unpaired) electrons. The van der Waals surface area contributed by atoms with E-state index in [4.69, 9.17) is 5.11 Å². The van der Waals surface area contributed by atoms with Gasteiger partial charge in [-0.3, -0.25) is 4.79 Å². The number of carbonyl (C=O) groups is 1. The molecule has 0 aromatic rings. The van der Waals surface area contributed by atoms with Gasteiger partial charge in [0.25, 0.3) is 0 Å². The van der Waals surface area contributed by atoms with Gasteiger partial charge in [-0.15, -0.1) is 0 Å². The van der Waals surface area contributed by atoms with Crippen molar-refractivity contribution >= 4 is 5.97 Å². The topological polar surface area (TPSA) is 37.3 Å². The van der Waals surface area contributed by atoms with Gasteiger partial charge in [-0.2, -0.15) is 0 Å². The van der Waals surface area contributed by atoms with Crippen molar-refractivity contribution in [3.8, 4) is 0 Å². The number of fused-ring (bicyclic) bond motifs is 5. The lowest BCUT2D eigenvalue weighted by atomic mass is 9.42. The number of carboxylic acid groups (broad SMARTS) is 1. The van der Waals surface area contributed by atoms with Crippen LogP contribution in [-0.4, -0.2) is 11.1 Å². The molecule has 4 aliphatic carbocycles. The van der Waals surface area contributed by atoms with Crippen molar-refractivity contribution in [1.82, 2.24) is 0 Å². The minimum absolute atomic E-state index is 0.349. The SMILES string of the molecule is CC[C@H]1CC2C3CCC([C@H](C)CCC(=O)O)C3(C)CC[C@@H]2C2(C)CCCCC12. The van der Waals surface area contributed by atoms with E-state index in [0.29, 0.717) is 23.2 Å². The molecule has 0 aliphatic heterocycles. The van der Waals surface area contributed by atoms with Gasteiger partial charge in [0, 0.05) is 6.42 Å². The number of hydrogen-bond acceptors (Lipinski definition) is 1. The molecule has 0 saturated heterocycles. The van der Waals surface area contributed by atoms with Crippen LogP contribution in [0.1, 0.15) is 105 Å². The molecular weight excluding hydrogens is 344 g/mol. The van der Waals surface area contributed by atoms with Crippen LogP contribution in [0.4, 0.5) is 0 Å². The Morgan fingerprint density at radius 2 is 1.75 bits per heavy atom. The van der Waals surface area contributed by atoms with Gasteiger partial charge in [-0.05, 0) is 104 Å². The molecule has 0 heterocycles. The van der Waals surface area contributed by atoms with Crippen molar-refractivity contribution < 1.29 is 9.90 Å². The van der Waals surface area contributed by atoms with Crippen LogP contribution in [0.2, 0.25) is 0 Å². The summed E-state index contributed by atoms with van der Waals surface area (Å²) in [6.07, 6.45) is 15.6. The second kappa shape index (κ2) is 7.62. The monoisotopic (exact) mass is 388 g/mol. The van der Waals surface area contributed by atoms with E-state index in [-0.39, 0.29) is 0 Å². The molecule has 4 aliphatic rings. The third-order valence-corrected chi connectivity index (χ3v) is 10.9. The third kappa shape index (κ3) is 3.16. The zero-order valence-electron chi connectivity index (χ0n) is 18.9. The Balaban J connectivity index is 1.56. The maximum absolute atomic E-state index is 11.1. The summed E-state index contributed by atoms with van der Waals surface area (Å²) in [4.78, 5) is 11.1. The lowest BCUT2D eigenvalue weighted by molar-refractivity contribution is -0.140. The average Bonchev–Trinajstić information content (AvgIpc) is 3.02. The van der Waals surface area contributed by atoms with Gasteiger partial charge < -0.3 is 5.11 Å². The first-order valence-electron chi connectivity index (χ1n) is 12.5. The Morgan fingerprint density at radius 1 is 1.00 bits per heavy atom. The summed E-state index contributed by atoms with van der Waals surface area (Å²) in [6, 6.07) is 0. The molecule has 9 atom stereocenters. The molecule has 0 amide bonds. The Labute approximate surface area is 173 Å². The fourth-order valence-electron chi connectivity index (χ4n) is 9.55. The molecule has 0 spiro atoms. The van der Waals surface area contributed by atoms with E-state index in [1.165, 1.54) is 64.2 Å². The van der Waals surface area contributed by atoms with E-state index in [2.05, 4.69) is 27.7 Å². The molecule has 2 heteroatoms. The standard InChI is InChI=1S/C26H44O2/c1-5-18-16-19-22-11-10-20(17(2)9-12-24(27)28)26(22,4)15-13-23(19)25(3)14-7-6-8-21(18)25/h17-23H,5-16H2,1-4H3,(H,27,28)/t17-,18+,19?,20?,21?,22?,23+,25?,26?/m1/s1. The molecule has 2 nitrogen and oxygen atoms in total. The highest BCUT2D eigenvalue weighted by atomic mass is 16.4. The fraction of sp³-hybridized carbons (Fsp3) is 0.962. The number of hydrogen-bond donors (Lipinski definition) is 1. The molecule has 4 rings (SSSR count). The van der Waals surface area contributed by atoms with E-state index in [1.807, 2.05) is 0 Å². The molecule has 1 N–H and O–H groups in total. The largest absolute Gasteiger partial charge is 0.481 e. The van der Waals surface area contributed by atoms with E-state index in [9.17, 15) is 4.79 Å². The summed E-state index contributed by atoms with van der Waals surface area (Å²) in [5.74, 6) is 5.44. The highest BCUT2D eigenvalue weighted by molar-refractivity contribution is 5.66. The molecule has 4 fully saturated rings. The third-order valence-electron chi connectivity index (χ3n) is 10.9. The Bertz CT molecular complexity index is 585. The minimum Gasteiger partial charge on any atom is -0.481 e. The predicted octanol–water partition coefficient (Wildman–Crippen LogP) is 7.17. The van der Waals surface area contributed by atoms with Crippen LogP contribution in [0.3, 0.4) is 0 Å². The van der Waals surface area contributed by atoms with Crippen molar-refractivity contribution in [3.05, 3.63) is 0 Å². The predicted molar refractivity (Wildman–Crippen MR) is 115 cm³/mol. The summed E-state index contributed by atoms with van der Waals surface area (Å²) in [7, 11) is 0. The summed E-state index contributed by atoms with van der Waals surface area (Å²) < 4.78 is 0. The van der Waals surface area contributed by atoms with Gasteiger partial charge in [0.15, 0.2) is 0 Å². The lowest BCUT2D eigenvalue weighted by Crippen LogP contribution is -2.55. The number of rotatable bonds is 5. The second-order valence-electron chi connectivity index (χ2n) is 11.8. The Kier molecular flexibility index (Phi) is 5.64. The molecule has 4 saturated carbocycles. The van der Waals surface area contributed by atoms with Crippen LogP contribution in [0.25, 0.3) is 0 Å². The van der Waals surface area contributed by atoms with Gasteiger partial charge >= 0.3 is 5.97 Å². The fourth-order valence-corrected chi connectivity index (χ4v) is 9.55. The van der Waals surface area contributed by atoms with Gasteiger partial charge in [0.2, 0.25) is 0 Å². The summed E-state index contributed by atoms with van der Waals surface area (Å²) in [5.41, 5.74) is 1.07. The highest BCUT2D eigenvalue weighted by Crippen LogP contribution is 2.69. The van der Waals surface area contributed by atoms with Crippen molar-refractivity contribution in [1.29, 1.82) is 0 Å². The first-order valence-corrected chi connectivity index (χ1v) is 12.5. The van der Waals surface area contributed by atoms with Gasteiger partial charge in [-0.25, -0.2) is 0 Å². The average molecular weight is 389 g/mol. The van der Waals surface area contributed by atoms with E-state index in [0.717, 1.165) is 41.9 Å². The quantitative estimate of drug-likeness (QED) is 0.542. The minimum atomic E-state index is -0.621. The van der Waals surface area contributed by atoms with Crippen molar-refractivity contribution in [2.75, 3.05) is 0 Å². The molecule has 28 heavy (non-hydrogen) atoms. The first-order chi connectivity index (χ1) is 13.3. The van der Waals surface area contributed by atoms with Crippen LogP contribution < -0.4 is 0 Å². The Hall–Kier alpha value is -0.530. The van der Waals surface area contributed by atoms with Crippen LogP contribution in [0.5, 0.6) is 0 Å². The van der Waals surface area contributed by atoms with Crippen molar-refractivity contribution in [2.24, 2.45) is 52.3 Å². The van der Waals surface area contributed by atoms with E-state index in [1.54, 1.807) is 0 Å². The summed E-state index contributed by atoms with van der Waals surface area (Å²) in [5, 5.41) is 9.15. The number of aliphatic carboxylic acids is 1. The zero-order chi connectivity index (χ0) is 20.1. The van der Waals surface area contributed by atoms with E-state index >= 15 is 0 Å². The van der Waals surface area contributed by atoms with E-state index < -0.39 is 5.97 Å². The summed E-state index contributed by atoms with van der Waals surface area (Å²) >= 11 is 0. The molecule has 160 valence electrons. The Morgan fingerprint density at radius 3 is 2.46 bits per heavy atom. The molecular formula is C26H44O2. The smallest absolute Gasteiger partial charge is 0.303 e. The van der Waals surface area contributed by atoms with Crippen LogP contribution in [-0.2, 0) is 4.79 Å². The van der Waals surface area contributed by atoms with Crippen LogP contribution >= 0.6 is 0 Å². The zero-order valence-corrected chi connectivity index (χ0v) is 18.9. The maximum Gasteiger partial charge on any atom is 0.303 e. The molecule has 6 unspecified atom stereocenters. The molecule has 0 aromatic carbocycles. The van der Waals surface area contributed by atoms with Crippen molar-refractivity contribution in [3.63, 3.8) is 0 Å². The highest BCUT2D eigenvalue weighted by Gasteiger charge is 2.61. The van der Waals surface area contributed by atoms with Crippen molar-refractivity contribution in [2.45, 2.75) is 105 Å².